The van der Waals surface area contributed by atoms with Crippen LogP contribution in [-0.4, -0.2) is 0 Å². The number of hydrogen-bond acceptors (Lipinski definition) is 0. The zero-order valence-electron chi connectivity index (χ0n) is 9.00. The van der Waals surface area contributed by atoms with Gasteiger partial charge in [-0.1, -0.05) is 13.8 Å². The summed E-state index contributed by atoms with van der Waals surface area (Å²) in [7, 11) is 0. The van der Waals surface area contributed by atoms with Gasteiger partial charge in [-0.2, -0.15) is 0 Å². The summed E-state index contributed by atoms with van der Waals surface area (Å²) in [6.07, 6.45) is 7.97. The van der Waals surface area contributed by atoms with E-state index in [1.165, 1.54) is 0 Å². The number of rotatable bonds is 1. The molecular formula is C13H22. The molecule has 0 aromatic heterocycles. The third kappa shape index (κ3) is 1.17. The highest BCUT2D eigenvalue weighted by Gasteiger charge is 2.48. The van der Waals surface area contributed by atoms with Gasteiger partial charge in [0.05, 0.1) is 0 Å². The molecule has 0 heteroatoms. The molecule has 0 atom stereocenters. The minimum atomic E-state index is 0.954. The third-order valence-corrected chi connectivity index (χ3v) is 5.07. The van der Waals surface area contributed by atoms with Gasteiger partial charge < -0.3 is 0 Å². The predicted molar refractivity (Wildman–Crippen MR) is 55.4 cm³/mol. The molecule has 0 heterocycles. The molecule has 13 heavy (non-hydrogen) atoms. The Morgan fingerprint density at radius 1 is 0.769 bits per heavy atom. The van der Waals surface area contributed by atoms with Gasteiger partial charge in [0.25, 0.3) is 0 Å². The first-order valence-electron chi connectivity index (χ1n) is 6.24. The average Bonchev–Trinajstić information content (AvgIpc) is 2.00. The molecule has 0 amide bonds. The van der Waals surface area contributed by atoms with Crippen molar-refractivity contribution in [2.75, 3.05) is 0 Å². The van der Waals surface area contributed by atoms with Gasteiger partial charge >= 0.3 is 0 Å². The van der Waals surface area contributed by atoms with Crippen LogP contribution < -0.4 is 0 Å². The maximum absolute atomic E-state index is 2.45. The fourth-order valence-corrected chi connectivity index (χ4v) is 5.06. The Morgan fingerprint density at radius 2 is 1.23 bits per heavy atom. The lowest BCUT2D eigenvalue weighted by atomic mass is 9.50. The maximum Gasteiger partial charge on any atom is -0.0334 e. The Kier molecular flexibility index (Phi) is 1.76. The molecule has 0 N–H and O–H groups in total. The Hall–Kier alpha value is 0. The second kappa shape index (κ2) is 2.74. The zero-order chi connectivity index (χ0) is 9.00. The van der Waals surface area contributed by atoms with E-state index in [1.54, 1.807) is 32.1 Å². The van der Waals surface area contributed by atoms with E-state index in [9.17, 15) is 0 Å². The van der Waals surface area contributed by atoms with Crippen molar-refractivity contribution in [1.29, 1.82) is 0 Å². The van der Waals surface area contributed by atoms with Gasteiger partial charge in [0.2, 0.25) is 0 Å². The van der Waals surface area contributed by atoms with Crippen LogP contribution in [0.5, 0.6) is 0 Å². The molecule has 4 fully saturated rings. The van der Waals surface area contributed by atoms with Crippen LogP contribution in [0.1, 0.15) is 46.0 Å². The minimum Gasteiger partial charge on any atom is -0.0625 e. The first-order chi connectivity index (χ1) is 6.24. The Morgan fingerprint density at radius 3 is 1.62 bits per heavy atom. The van der Waals surface area contributed by atoms with Crippen LogP contribution in [0.15, 0.2) is 0 Å². The summed E-state index contributed by atoms with van der Waals surface area (Å²) >= 11 is 0. The topological polar surface area (TPSA) is 0 Å². The van der Waals surface area contributed by atoms with Crippen molar-refractivity contribution >= 4 is 0 Å². The first-order valence-corrected chi connectivity index (χ1v) is 6.24. The Labute approximate surface area is 82.1 Å². The van der Waals surface area contributed by atoms with Gasteiger partial charge in [-0.05, 0) is 67.6 Å². The Bertz CT molecular complexity index is 176. The number of hydrogen-bond donors (Lipinski definition) is 0. The minimum absolute atomic E-state index is 0.954. The lowest BCUT2D eigenvalue weighted by Crippen LogP contribution is -2.46. The van der Waals surface area contributed by atoms with E-state index in [2.05, 4.69) is 13.8 Å². The van der Waals surface area contributed by atoms with Gasteiger partial charge in [-0.3, -0.25) is 0 Å². The molecule has 0 spiro atoms. The van der Waals surface area contributed by atoms with E-state index in [1.807, 2.05) is 0 Å². The van der Waals surface area contributed by atoms with Crippen LogP contribution in [0.4, 0.5) is 0 Å². The van der Waals surface area contributed by atoms with Crippen molar-refractivity contribution in [3.05, 3.63) is 0 Å². The SMILES string of the molecule is CC(C)C1C2CC3CC(C2)CC1C3. The molecule has 4 aliphatic rings. The third-order valence-electron chi connectivity index (χ3n) is 5.07. The molecule has 0 unspecified atom stereocenters. The predicted octanol–water partition coefficient (Wildman–Crippen LogP) is 3.71. The Balaban J connectivity index is 1.85. The maximum atomic E-state index is 2.45. The molecule has 0 saturated heterocycles. The van der Waals surface area contributed by atoms with Gasteiger partial charge in [0.15, 0.2) is 0 Å². The van der Waals surface area contributed by atoms with Crippen molar-refractivity contribution in [2.24, 2.45) is 35.5 Å². The lowest BCUT2D eigenvalue weighted by molar-refractivity contribution is -0.0552. The normalized spacial score (nSPS) is 53.3. The van der Waals surface area contributed by atoms with E-state index < -0.39 is 0 Å². The van der Waals surface area contributed by atoms with Crippen molar-refractivity contribution in [1.82, 2.24) is 0 Å². The van der Waals surface area contributed by atoms with Crippen molar-refractivity contribution in [3.63, 3.8) is 0 Å². The molecule has 0 aromatic rings. The highest BCUT2D eigenvalue weighted by molar-refractivity contribution is 4.98. The summed E-state index contributed by atoms with van der Waals surface area (Å²) in [6, 6.07) is 0. The summed E-state index contributed by atoms with van der Waals surface area (Å²) < 4.78 is 0. The van der Waals surface area contributed by atoms with Crippen LogP contribution in [0, 0.1) is 35.5 Å². The fourth-order valence-electron chi connectivity index (χ4n) is 5.06. The van der Waals surface area contributed by atoms with Gasteiger partial charge in [0.1, 0.15) is 0 Å². The molecule has 0 aliphatic heterocycles. The van der Waals surface area contributed by atoms with Crippen LogP contribution in [0.25, 0.3) is 0 Å². The molecule has 74 valence electrons. The molecule has 0 nitrogen and oxygen atoms in total. The van der Waals surface area contributed by atoms with Gasteiger partial charge in [0, 0.05) is 0 Å². The van der Waals surface area contributed by atoms with Crippen molar-refractivity contribution < 1.29 is 0 Å². The average molecular weight is 178 g/mol. The molecule has 4 aliphatic carbocycles. The van der Waals surface area contributed by atoms with E-state index >= 15 is 0 Å². The van der Waals surface area contributed by atoms with Gasteiger partial charge in [-0.25, -0.2) is 0 Å². The van der Waals surface area contributed by atoms with Crippen molar-refractivity contribution in [3.8, 4) is 0 Å². The summed E-state index contributed by atoms with van der Waals surface area (Å²) in [5.41, 5.74) is 0. The summed E-state index contributed by atoms with van der Waals surface area (Å²) in [5, 5.41) is 0. The van der Waals surface area contributed by atoms with Crippen LogP contribution in [-0.2, 0) is 0 Å². The van der Waals surface area contributed by atoms with Gasteiger partial charge in [-0.15, -0.1) is 0 Å². The largest absolute Gasteiger partial charge is 0.0625 e. The molecular weight excluding hydrogens is 156 g/mol. The zero-order valence-corrected chi connectivity index (χ0v) is 9.00. The van der Waals surface area contributed by atoms with E-state index in [-0.39, 0.29) is 0 Å². The second-order valence-electron chi connectivity index (χ2n) is 6.25. The van der Waals surface area contributed by atoms with Crippen LogP contribution in [0.2, 0.25) is 0 Å². The van der Waals surface area contributed by atoms with Crippen molar-refractivity contribution in [2.45, 2.75) is 46.0 Å². The molecule has 4 rings (SSSR count). The summed E-state index contributed by atoms with van der Waals surface area (Å²) in [5.74, 6) is 6.63. The molecule has 4 saturated carbocycles. The molecule has 0 aromatic carbocycles. The quantitative estimate of drug-likeness (QED) is 0.574. The molecule has 4 bridgehead atoms. The highest BCUT2D eigenvalue weighted by Crippen LogP contribution is 2.58. The second-order valence-corrected chi connectivity index (χ2v) is 6.25. The van der Waals surface area contributed by atoms with Crippen LogP contribution in [0.3, 0.4) is 0 Å². The fraction of sp³-hybridized carbons (Fsp3) is 1.00. The monoisotopic (exact) mass is 178 g/mol. The van der Waals surface area contributed by atoms with E-state index in [0.29, 0.717) is 0 Å². The molecule has 0 radical (unpaired) electrons. The summed E-state index contributed by atoms with van der Waals surface area (Å²) in [4.78, 5) is 0. The van der Waals surface area contributed by atoms with Crippen LogP contribution >= 0.6 is 0 Å². The summed E-state index contributed by atoms with van der Waals surface area (Å²) in [6.45, 7) is 4.90. The van der Waals surface area contributed by atoms with E-state index in [0.717, 1.165) is 35.5 Å². The smallest absolute Gasteiger partial charge is 0.0334 e. The lowest BCUT2D eigenvalue weighted by Gasteiger charge is -2.55. The standard InChI is InChI=1S/C13H22/c1-8(2)13-11-4-9-3-10(6-11)7-12(13)5-9/h8-13H,3-7H2,1-2H3. The first kappa shape index (κ1) is 8.32. The van der Waals surface area contributed by atoms with E-state index in [4.69, 9.17) is 0 Å². The highest BCUT2D eigenvalue weighted by atomic mass is 14.5.